The van der Waals surface area contributed by atoms with Gasteiger partial charge in [0.25, 0.3) is 0 Å². The molecule has 0 aromatic heterocycles. The molecule has 0 aliphatic carbocycles. The summed E-state index contributed by atoms with van der Waals surface area (Å²) in [6.45, 7) is 17.9. The highest BCUT2D eigenvalue weighted by Gasteiger charge is 2.23. The number of aryl methyl sites for hydroxylation is 8. The molecule has 0 bridgehead atoms. The molecule has 0 saturated heterocycles. The van der Waals surface area contributed by atoms with Crippen molar-refractivity contribution in [1.82, 2.24) is 0 Å². The van der Waals surface area contributed by atoms with Gasteiger partial charge in [-0.2, -0.15) is 0 Å². The summed E-state index contributed by atoms with van der Waals surface area (Å²) in [5, 5.41) is 7.97. The first kappa shape index (κ1) is 30.2. The van der Waals surface area contributed by atoms with Crippen molar-refractivity contribution in [3.05, 3.63) is 154 Å². The van der Waals surface area contributed by atoms with Gasteiger partial charge in [0.05, 0.1) is 0 Å². The Morgan fingerprint density at radius 2 is 0.604 bits per heavy atom. The Morgan fingerprint density at radius 1 is 0.271 bits per heavy atom. The monoisotopic (exact) mass is 618 g/mol. The average molecular weight is 619 g/mol. The maximum Gasteiger partial charge on any atom is -0.00139 e. The van der Waals surface area contributed by atoms with Crippen LogP contribution in [0, 0.1) is 55.4 Å². The normalized spacial score (nSPS) is 11.8. The van der Waals surface area contributed by atoms with E-state index in [0.29, 0.717) is 0 Å². The lowest BCUT2D eigenvalue weighted by molar-refractivity contribution is 1.34. The van der Waals surface area contributed by atoms with Gasteiger partial charge in [0.2, 0.25) is 0 Å². The van der Waals surface area contributed by atoms with E-state index in [1.807, 2.05) is 0 Å². The summed E-state index contributed by atoms with van der Waals surface area (Å²) in [7, 11) is 0. The second-order valence-electron chi connectivity index (χ2n) is 14.1. The molecule has 0 amide bonds. The van der Waals surface area contributed by atoms with E-state index in [2.05, 4.69) is 165 Å². The Labute approximate surface area is 285 Å². The molecule has 0 aliphatic rings. The zero-order chi connectivity index (χ0) is 33.4. The summed E-state index contributed by atoms with van der Waals surface area (Å²) in [5.41, 5.74) is 20.9. The minimum absolute atomic E-state index is 1.27. The molecular weight excluding hydrogens is 577 g/mol. The average Bonchev–Trinajstić information content (AvgIpc) is 3.06. The van der Waals surface area contributed by atoms with Crippen molar-refractivity contribution in [3.63, 3.8) is 0 Å². The summed E-state index contributed by atoms with van der Waals surface area (Å²) >= 11 is 0. The van der Waals surface area contributed by atoms with Crippen LogP contribution in [0.2, 0.25) is 0 Å². The van der Waals surface area contributed by atoms with Gasteiger partial charge in [0.1, 0.15) is 0 Å². The van der Waals surface area contributed by atoms with Gasteiger partial charge in [-0.05, 0) is 189 Å². The first-order valence-corrected chi connectivity index (χ1v) is 17.2. The molecule has 8 rings (SSSR count). The lowest BCUT2D eigenvalue weighted by Crippen LogP contribution is -1.97. The number of hydrogen-bond acceptors (Lipinski definition) is 0. The molecule has 0 aliphatic heterocycles. The molecule has 0 radical (unpaired) electrons. The van der Waals surface area contributed by atoms with E-state index in [4.69, 9.17) is 0 Å². The SMILES string of the molecule is Cc1ccc(-c2cc(-c3ccc(C)c(C)c3)c3ccc4c(-c5c(C)cccc5C)cc(-c5c(C)cccc5C)c5ccc2c3c54)cc1C. The number of benzene rings is 8. The fourth-order valence-electron chi connectivity index (χ4n) is 8.18. The van der Waals surface area contributed by atoms with Crippen molar-refractivity contribution in [2.45, 2.75) is 55.4 Å². The number of rotatable bonds is 4. The zero-order valence-electron chi connectivity index (χ0n) is 29.4. The third-order valence-corrected chi connectivity index (χ3v) is 11.0. The fourth-order valence-corrected chi connectivity index (χ4v) is 8.18. The molecule has 0 saturated carbocycles. The first-order chi connectivity index (χ1) is 23.1. The minimum Gasteiger partial charge on any atom is -0.0617 e. The van der Waals surface area contributed by atoms with Crippen LogP contribution >= 0.6 is 0 Å². The minimum atomic E-state index is 1.27. The Hall–Kier alpha value is -5.20. The van der Waals surface area contributed by atoms with Crippen LogP contribution in [0.3, 0.4) is 0 Å². The molecule has 8 aromatic carbocycles. The Kier molecular flexibility index (Phi) is 7.04. The van der Waals surface area contributed by atoms with Crippen LogP contribution in [0.1, 0.15) is 44.5 Å². The van der Waals surface area contributed by atoms with E-state index in [-0.39, 0.29) is 0 Å². The van der Waals surface area contributed by atoms with Gasteiger partial charge < -0.3 is 0 Å². The third kappa shape index (κ3) is 4.58. The maximum absolute atomic E-state index is 2.49. The Bertz CT molecular complexity index is 2360. The van der Waals surface area contributed by atoms with Crippen LogP contribution in [-0.4, -0.2) is 0 Å². The summed E-state index contributed by atoms with van der Waals surface area (Å²) in [4.78, 5) is 0. The van der Waals surface area contributed by atoms with Gasteiger partial charge in [0.15, 0.2) is 0 Å². The second kappa shape index (κ2) is 11.2. The molecule has 0 atom stereocenters. The van der Waals surface area contributed by atoms with E-state index >= 15 is 0 Å². The topological polar surface area (TPSA) is 0 Å². The standard InChI is InChI=1S/C48H42/c1-27-15-17-35(23-33(27)7)41-25-42(36-18-16-28(2)34(8)24-36)38-20-22-40-44(46-31(5)13-10-14-32(46)6)26-43(45-29(3)11-9-12-30(45)4)39-21-19-37(41)47(38)48(39)40/h9-26H,1-8H3. The zero-order valence-corrected chi connectivity index (χ0v) is 29.4. The Balaban J connectivity index is 1.62. The molecule has 0 unspecified atom stereocenters. The smallest absolute Gasteiger partial charge is 0.00139 e. The fraction of sp³-hybridized carbons (Fsp3) is 0.167. The molecule has 8 aromatic rings. The highest BCUT2D eigenvalue weighted by molar-refractivity contribution is 6.32. The van der Waals surface area contributed by atoms with Gasteiger partial charge in [-0.25, -0.2) is 0 Å². The van der Waals surface area contributed by atoms with Gasteiger partial charge in [-0.3, -0.25) is 0 Å². The molecule has 0 heterocycles. The molecule has 0 fully saturated rings. The molecule has 0 nitrogen and oxygen atoms in total. The molecule has 0 spiro atoms. The van der Waals surface area contributed by atoms with Crippen LogP contribution in [0.25, 0.3) is 76.8 Å². The predicted molar refractivity (Wildman–Crippen MR) is 210 cm³/mol. The predicted octanol–water partition coefficient (Wildman–Crippen LogP) is 13.7. The number of hydrogen-bond donors (Lipinski definition) is 0. The molecule has 48 heavy (non-hydrogen) atoms. The van der Waals surface area contributed by atoms with Crippen molar-refractivity contribution < 1.29 is 0 Å². The first-order valence-electron chi connectivity index (χ1n) is 17.2. The van der Waals surface area contributed by atoms with Crippen LogP contribution in [0.5, 0.6) is 0 Å². The second-order valence-corrected chi connectivity index (χ2v) is 14.1. The summed E-state index contributed by atoms with van der Waals surface area (Å²) in [5.74, 6) is 0. The van der Waals surface area contributed by atoms with E-state index in [1.54, 1.807) is 0 Å². The highest BCUT2D eigenvalue weighted by Crippen LogP contribution is 2.50. The highest BCUT2D eigenvalue weighted by atomic mass is 14.3. The Morgan fingerprint density at radius 3 is 0.958 bits per heavy atom. The van der Waals surface area contributed by atoms with E-state index in [0.717, 1.165) is 0 Å². The van der Waals surface area contributed by atoms with Crippen molar-refractivity contribution in [1.29, 1.82) is 0 Å². The van der Waals surface area contributed by atoms with Crippen molar-refractivity contribution in [2.75, 3.05) is 0 Å². The lowest BCUT2D eigenvalue weighted by atomic mass is 9.80. The van der Waals surface area contributed by atoms with Crippen LogP contribution in [-0.2, 0) is 0 Å². The van der Waals surface area contributed by atoms with Gasteiger partial charge >= 0.3 is 0 Å². The van der Waals surface area contributed by atoms with Crippen LogP contribution < -0.4 is 0 Å². The maximum atomic E-state index is 2.49. The van der Waals surface area contributed by atoms with Gasteiger partial charge in [-0.1, -0.05) is 97.1 Å². The molecule has 234 valence electrons. The summed E-state index contributed by atoms with van der Waals surface area (Å²) in [6.07, 6.45) is 0. The van der Waals surface area contributed by atoms with Gasteiger partial charge in [0, 0.05) is 0 Å². The third-order valence-electron chi connectivity index (χ3n) is 11.0. The largest absolute Gasteiger partial charge is 0.0617 e. The summed E-state index contributed by atoms with van der Waals surface area (Å²) < 4.78 is 0. The molecule has 0 N–H and O–H groups in total. The molecule has 0 heteroatoms. The van der Waals surface area contributed by atoms with E-state index in [1.165, 1.54) is 121 Å². The van der Waals surface area contributed by atoms with Gasteiger partial charge in [-0.15, -0.1) is 0 Å². The summed E-state index contributed by atoms with van der Waals surface area (Å²) in [6, 6.07) is 41.8. The van der Waals surface area contributed by atoms with Crippen molar-refractivity contribution in [2.24, 2.45) is 0 Å². The van der Waals surface area contributed by atoms with Crippen LogP contribution in [0.4, 0.5) is 0 Å². The van der Waals surface area contributed by atoms with Crippen molar-refractivity contribution >= 4 is 32.3 Å². The van der Waals surface area contributed by atoms with E-state index < -0.39 is 0 Å². The quantitative estimate of drug-likeness (QED) is 0.172. The van der Waals surface area contributed by atoms with Crippen LogP contribution in [0.15, 0.2) is 109 Å². The van der Waals surface area contributed by atoms with E-state index in [9.17, 15) is 0 Å². The molecular formula is C48H42. The lowest BCUT2D eigenvalue weighted by Gasteiger charge is -2.23. The van der Waals surface area contributed by atoms with Crippen molar-refractivity contribution in [3.8, 4) is 44.5 Å².